The number of hydrogen-bond acceptors (Lipinski definition) is 5. The lowest BCUT2D eigenvalue weighted by Crippen LogP contribution is -2.29. The maximum absolute atomic E-state index is 11.7. The number of amides is 1. The van der Waals surface area contributed by atoms with Gasteiger partial charge >= 0.3 is 5.97 Å². The number of hydrogen-bond donors (Lipinski definition) is 1. The molecule has 1 N–H and O–H groups in total. The van der Waals surface area contributed by atoms with Crippen molar-refractivity contribution < 1.29 is 19.1 Å². The van der Waals surface area contributed by atoms with Crippen molar-refractivity contribution in [2.75, 3.05) is 13.2 Å². The van der Waals surface area contributed by atoms with Crippen LogP contribution in [0, 0.1) is 6.92 Å². The highest BCUT2D eigenvalue weighted by molar-refractivity contribution is 7.09. The summed E-state index contributed by atoms with van der Waals surface area (Å²) >= 11 is 1.56. The van der Waals surface area contributed by atoms with Crippen LogP contribution in [0.3, 0.4) is 0 Å². The first-order valence-electron chi connectivity index (χ1n) is 8.13. The Kier molecular flexibility index (Phi) is 7.01. The van der Waals surface area contributed by atoms with Gasteiger partial charge in [0.2, 0.25) is 0 Å². The standard InChI is InChI=1S/C19H23NO4S/c1-13(2)17-7-6-15(9-14(17)3)23-12-19(22)24-11-18(21)20-10-16-5-4-8-25-16/h4-9,13H,10-12H2,1-3H3,(H,20,21). The third kappa shape index (κ3) is 6.23. The maximum atomic E-state index is 11.7. The van der Waals surface area contributed by atoms with Crippen LogP contribution in [0.4, 0.5) is 0 Å². The Morgan fingerprint density at radius 1 is 1.20 bits per heavy atom. The zero-order chi connectivity index (χ0) is 18.2. The van der Waals surface area contributed by atoms with Crippen molar-refractivity contribution in [3.05, 3.63) is 51.7 Å². The molecule has 0 bridgehead atoms. The number of thiophene rings is 1. The smallest absolute Gasteiger partial charge is 0.344 e. The normalized spacial score (nSPS) is 10.6. The van der Waals surface area contributed by atoms with Crippen LogP contribution in [0.15, 0.2) is 35.7 Å². The molecule has 0 spiro atoms. The monoisotopic (exact) mass is 361 g/mol. The van der Waals surface area contributed by atoms with E-state index in [0.29, 0.717) is 18.2 Å². The Labute approximate surface area is 152 Å². The summed E-state index contributed by atoms with van der Waals surface area (Å²) < 4.78 is 10.3. The van der Waals surface area contributed by atoms with Gasteiger partial charge in [0, 0.05) is 4.88 Å². The molecule has 1 aromatic carbocycles. The molecular weight excluding hydrogens is 338 g/mol. The average Bonchev–Trinajstić information content (AvgIpc) is 3.09. The number of rotatable bonds is 8. The van der Waals surface area contributed by atoms with E-state index >= 15 is 0 Å². The van der Waals surface area contributed by atoms with Crippen LogP contribution in [0.2, 0.25) is 0 Å². The van der Waals surface area contributed by atoms with Crippen molar-refractivity contribution in [3.63, 3.8) is 0 Å². The lowest BCUT2D eigenvalue weighted by molar-refractivity contribution is -0.150. The Hall–Kier alpha value is -2.34. The molecule has 2 rings (SSSR count). The fourth-order valence-electron chi connectivity index (χ4n) is 2.37. The number of ether oxygens (including phenoxy) is 2. The van der Waals surface area contributed by atoms with Crippen LogP contribution in [0.5, 0.6) is 5.75 Å². The van der Waals surface area contributed by atoms with E-state index in [-0.39, 0.29) is 19.1 Å². The Morgan fingerprint density at radius 3 is 2.64 bits per heavy atom. The minimum Gasteiger partial charge on any atom is -0.482 e. The molecule has 0 fully saturated rings. The van der Waals surface area contributed by atoms with Crippen LogP contribution >= 0.6 is 11.3 Å². The molecular formula is C19H23NO4S. The van der Waals surface area contributed by atoms with E-state index in [1.165, 1.54) is 5.56 Å². The molecule has 2 aromatic rings. The summed E-state index contributed by atoms with van der Waals surface area (Å²) in [5.74, 6) is 0.142. The summed E-state index contributed by atoms with van der Waals surface area (Å²) in [4.78, 5) is 24.4. The van der Waals surface area contributed by atoms with Crippen molar-refractivity contribution in [2.24, 2.45) is 0 Å². The molecule has 1 aromatic heterocycles. The second-order valence-electron chi connectivity index (χ2n) is 5.98. The molecule has 6 heteroatoms. The lowest BCUT2D eigenvalue weighted by Gasteiger charge is -2.12. The van der Waals surface area contributed by atoms with Crippen molar-refractivity contribution in [3.8, 4) is 5.75 Å². The van der Waals surface area contributed by atoms with Gasteiger partial charge in [-0.2, -0.15) is 0 Å². The van der Waals surface area contributed by atoms with Gasteiger partial charge in [0.25, 0.3) is 5.91 Å². The van der Waals surface area contributed by atoms with E-state index in [2.05, 4.69) is 19.2 Å². The highest BCUT2D eigenvalue weighted by Gasteiger charge is 2.10. The molecule has 0 aliphatic carbocycles. The first-order valence-corrected chi connectivity index (χ1v) is 9.01. The molecule has 0 atom stereocenters. The Morgan fingerprint density at radius 2 is 2.00 bits per heavy atom. The third-order valence-corrected chi connectivity index (χ3v) is 4.50. The minimum atomic E-state index is -0.572. The quantitative estimate of drug-likeness (QED) is 0.732. The summed E-state index contributed by atoms with van der Waals surface area (Å²) in [7, 11) is 0. The van der Waals surface area contributed by atoms with E-state index in [1.807, 2.05) is 42.6 Å². The molecule has 0 saturated carbocycles. The van der Waals surface area contributed by atoms with Crippen LogP contribution in [-0.4, -0.2) is 25.1 Å². The van der Waals surface area contributed by atoms with Gasteiger partial charge in [-0.1, -0.05) is 26.0 Å². The molecule has 1 heterocycles. The molecule has 25 heavy (non-hydrogen) atoms. The topological polar surface area (TPSA) is 64.6 Å². The highest BCUT2D eigenvalue weighted by atomic mass is 32.1. The van der Waals surface area contributed by atoms with Gasteiger partial charge in [0.1, 0.15) is 5.75 Å². The predicted octanol–water partition coefficient (Wildman–Crippen LogP) is 3.42. The van der Waals surface area contributed by atoms with E-state index in [4.69, 9.17) is 9.47 Å². The fourth-order valence-corrected chi connectivity index (χ4v) is 3.01. The van der Waals surface area contributed by atoms with Gasteiger partial charge in [0.15, 0.2) is 13.2 Å². The number of esters is 1. The summed E-state index contributed by atoms with van der Waals surface area (Å²) in [6, 6.07) is 9.58. The van der Waals surface area contributed by atoms with E-state index < -0.39 is 5.97 Å². The number of benzene rings is 1. The lowest BCUT2D eigenvalue weighted by atomic mass is 9.98. The third-order valence-electron chi connectivity index (χ3n) is 3.62. The average molecular weight is 361 g/mol. The predicted molar refractivity (Wildman–Crippen MR) is 97.9 cm³/mol. The number of nitrogens with one attached hydrogen (secondary N) is 1. The molecule has 1 amide bonds. The second kappa shape index (κ2) is 9.22. The summed E-state index contributed by atoms with van der Waals surface area (Å²) in [5.41, 5.74) is 2.37. The van der Waals surface area contributed by atoms with Gasteiger partial charge in [-0.15, -0.1) is 11.3 Å². The van der Waals surface area contributed by atoms with Crippen LogP contribution in [0.1, 0.15) is 35.8 Å². The molecule has 0 saturated heterocycles. The molecule has 0 aliphatic heterocycles. The highest BCUT2D eigenvalue weighted by Crippen LogP contribution is 2.23. The summed E-state index contributed by atoms with van der Waals surface area (Å²) in [5, 5.41) is 4.63. The number of carbonyl (C=O) groups is 2. The Balaban J connectivity index is 1.70. The zero-order valence-corrected chi connectivity index (χ0v) is 15.5. The van der Waals surface area contributed by atoms with Crippen molar-refractivity contribution in [2.45, 2.75) is 33.2 Å². The van der Waals surface area contributed by atoms with Gasteiger partial charge in [-0.05, 0) is 47.5 Å². The first-order chi connectivity index (χ1) is 12.0. The Bertz CT molecular complexity index is 710. The van der Waals surface area contributed by atoms with Gasteiger partial charge in [-0.3, -0.25) is 4.79 Å². The van der Waals surface area contributed by atoms with Gasteiger partial charge < -0.3 is 14.8 Å². The molecule has 0 aliphatic rings. The van der Waals surface area contributed by atoms with E-state index in [9.17, 15) is 9.59 Å². The largest absolute Gasteiger partial charge is 0.482 e. The summed E-state index contributed by atoms with van der Waals surface area (Å²) in [6.45, 7) is 6.18. The second-order valence-corrected chi connectivity index (χ2v) is 7.01. The maximum Gasteiger partial charge on any atom is 0.344 e. The number of carbonyl (C=O) groups excluding carboxylic acids is 2. The first kappa shape index (κ1) is 19.0. The zero-order valence-electron chi connectivity index (χ0n) is 14.7. The van der Waals surface area contributed by atoms with Crippen molar-refractivity contribution >= 4 is 23.2 Å². The van der Waals surface area contributed by atoms with Crippen LogP contribution in [0.25, 0.3) is 0 Å². The summed E-state index contributed by atoms with van der Waals surface area (Å²) in [6.07, 6.45) is 0. The molecule has 134 valence electrons. The molecule has 0 unspecified atom stereocenters. The van der Waals surface area contributed by atoms with Crippen LogP contribution < -0.4 is 10.1 Å². The fraction of sp³-hybridized carbons (Fsp3) is 0.368. The van der Waals surface area contributed by atoms with E-state index in [0.717, 1.165) is 10.4 Å². The molecule has 0 radical (unpaired) electrons. The number of aryl methyl sites for hydroxylation is 1. The van der Waals surface area contributed by atoms with Gasteiger partial charge in [-0.25, -0.2) is 4.79 Å². The van der Waals surface area contributed by atoms with Crippen molar-refractivity contribution in [1.82, 2.24) is 5.32 Å². The van der Waals surface area contributed by atoms with Gasteiger partial charge in [0.05, 0.1) is 6.54 Å². The molecule has 5 nitrogen and oxygen atoms in total. The van der Waals surface area contributed by atoms with E-state index in [1.54, 1.807) is 11.3 Å². The van der Waals surface area contributed by atoms with Crippen molar-refractivity contribution in [1.29, 1.82) is 0 Å². The van der Waals surface area contributed by atoms with Crippen LogP contribution in [-0.2, 0) is 20.9 Å². The minimum absolute atomic E-state index is 0.224. The SMILES string of the molecule is Cc1cc(OCC(=O)OCC(=O)NCc2cccs2)ccc1C(C)C.